The summed E-state index contributed by atoms with van der Waals surface area (Å²) in [4.78, 5) is 17.3. The molecule has 0 saturated heterocycles. The van der Waals surface area contributed by atoms with Gasteiger partial charge in [0, 0.05) is 25.4 Å². The van der Waals surface area contributed by atoms with E-state index in [-0.39, 0.29) is 0 Å². The van der Waals surface area contributed by atoms with Crippen LogP contribution in [0.25, 0.3) is 0 Å². The average Bonchev–Trinajstić information content (AvgIpc) is 2.39. The summed E-state index contributed by atoms with van der Waals surface area (Å²) >= 11 is 0. The number of anilines is 2. The van der Waals surface area contributed by atoms with Crippen LogP contribution in [0.5, 0.6) is 0 Å². The molecule has 2 rings (SSSR count). The summed E-state index contributed by atoms with van der Waals surface area (Å²) < 4.78 is 0. The maximum atomic E-state index is 11.4. The molecule has 4 N–H and O–H groups in total. The van der Waals surface area contributed by atoms with Gasteiger partial charge in [0.2, 0.25) is 5.91 Å². The van der Waals surface area contributed by atoms with Crippen molar-refractivity contribution in [1.29, 1.82) is 0 Å². The van der Waals surface area contributed by atoms with Crippen molar-refractivity contribution in [2.45, 2.75) is 6.54 Å². The molecule has 0 atom stereocenters. The van der Waals surface area contributed by atoms with Crippen LogP contribution >= 0.6 is 0 Å². The molecule has 0 aliphatic rings. The summed E-state index contributed by atoms with van der Waals surface area (Å²) in [5, 5.41) is 0. The molecule has 0 aliphatic heterocycles. The fourth-order valence-corrected chi connectivity index (χ4v) is 1.99. The van der Waals surface area contributed by atoms with E-state index in [0.717, 1.165) is 11.3 Å². The van der Waals surface area contributed by atoms with Crippen LogP contribution in [0.4, 0.5) is 11.4 Å². The molecule has 0 spiro atoms. The molecular weight excluding hydrogens is 240 g/mol. The van der Waals surface area contributed by atoms with Crippen LogP contribution in [0.1, 0.15) is 15.9 Å². The van der Waals surface area contributed by atoms with E-state index in [1.165, 1.54) is 0 Å². The van der Waals surface area contributed by atoms with Gasteiger partial charge in [-0.25, -0.2) is 0 Å². The topological polar surface area (TPSA) is 85.2 Å². The molecule has 0 aliphatic carbocycles. The van der Waals surface area contributed by atoms with Crippen molar-refractivity contribution in [3.05, 3.63) is 53.9 Å². The van der Waals surface area contributed by atoms with Crippen molar-refractivity contribution in [1.82, 2.24) is 4.98 Å². The third kappa shape index (κ3) is 2.82. The molecule has 19 heavy (non-hydrogen) atoms. The lowest BCUT2D eigenvalue weighted by molar-refractivity contribution is 0.0999. The first-order valence-corrected chi connectivity index (χ1v) is 5.88. The second-order valence-corrected chi connectivity index (χ2v) is 4.31. The summed E-state index contributed by atoms with van der Waals surface area (Å²) in [6.07, 6.45) is 3.29. The third-order valence-electron chi connectivity index (χ3n) is 2.93. The van der Waals surface area contributed by atoms with Crippen molar-refractivity contribution in [2.75, 3.05) is 17.7 Å². The number of nitrogens with zero attached hydrogens (tertiary/aromatic N) is 2. The van der Waals surface area contributed by atoms with Crippen LogP contribution in [-0.4, -0.2) is 17.9 Å². The Labute approximate surface area is 111 Å². The van der Waals surface area contributed by atoms with Crippen LogP contribution in [0.3, 0.4) is 0 Å². The van der Waals surface area contributed by atoms with Crippen molar-refractivity contribution < 1.29 is 4.79 Å². The van der Waals surface area contributed by atoms with Gasteiger partial charge in [-0.1, -0.05) is 18.2 Å². The number of amides is 1. The molecular formula is C14H16N4O. The number of benzene rings is 1. The molecule has 1 aromatic carbocycles. The number of carbonyl (C=O) groups is 1. The van der Waals surface area contributed by atoms with Gasteiger partial charge < -0.3 is 16.4 Å². The van der Waals surface area contributed by atoms with Crippen LogP contribution in [0, 0.1) is 0 Å². The lowest BCUT2D eigenvalue weighted by atomic mass is 10.1. The zero-order valence-corrected chi connectivity index (χ0v) is 10.7. The lowest BCUT2D eigenvalue weighted by Gasteiger charge is -2.21. The number of nitrogens with two attached hydrogens (primary N) is 2. The number of aromatic nitrogens is 1. The number of hydrogen-bond donors (Lipinski definition) is 2. The predicted molar refractivity (Wildman–Crippen MR) is 75.7 cm³/mol. The van der Waals surface area contributed by atoms with Crippen LogP contribution in [-0.2, 0) is 6.54 Å². The summed E-state index contributed by atoms with van der Waals surface area (Å²) in [5.41, 5.74) is 14.1. The van der Waals surface area contributed by atoms with Gasteiger partial charge in [-0.2, -0.15) is 0 Å². The average molecular weight is 256 g/mol. The van der Waals surface area contributed by atoms with Crippen LogP contribution < -0.4 is 16.4 Å². The van der Waals surface area contributed by atoms with Gasteiger partial charge in [-0.15, -0.1) is 0 Å². The molecule has 1 heterocycles. The molecule has 0 unspecified atom stereocenters. The number of carbonyl (C=O) groups excluding carboxylic acids is 1. The van der Waals surface area contributed by atoms with Gasteiger partial charge in [-0.05, 0) is 17.7 Å². The first-order chi connectivity index (χ1) is 9.09. The molecule has 5 heteroatoms. The zero-order valence-electron chi connectivity index (χ0n) is 10.7. The van der Waals surface area contributed by atoms with Crippen molar-refractivity contribution in [2.24, 2.45) is 5.73 Å². The second kappa shape index (κ2) is 5.39. The summed E-state index contributed by atoms with van der Waals surface area (Å²) in [5.74, 6) is -0.424. The monoisotopic (exact) mass is 256 g/mol. The molecule has 1 amide bonds. The Hall–Kier alpha value is -2.56. The summed E-state index contributed by atoms with van der Waals surface area (Å²) in [7, 11) is 1.91. The predicted octanol–water partition coefficient (Wildman–Crippen LogP) is 1.40. The molecule has 0 fully saturated rings. The van der Waals surface area contributed by atoms with Gasteiger partial charge in [0.25, 0.3) is 0 Å². The smallest absolute Gasteiger partial charge is 0.249 e. The Kier molecular flexibility index (Phi) is 3.66. The highest BCUT2D eigenvalue weighted by atomic mass is 16.1. The fraction of sp³-hybridized carbons (Fsp3) is 0.143. The molecule has 5 nitrogen and oxygen atoms in total. The minimum atomic E-state index is -0.424. The van der Waals surface area contributed by atoms with Crippen LogP contribution in [0.15, 0.2) is 42.7 Å². The fourth-order valence-electron chi connectivity index (χ4n) is 1.99. The van der Waals surface area contributed by atoms with Crippen LogP contribution in [0.2, 0.25) is 0 Å². The molecule has 0 bridgehead atoms. The van der Waals surface area contributed by atoms with Gasteiger partial charge in [0.1, 0.15) is 0 Å². The van der Waals surface area contributed by atoms with Crippen molar-refractivity contribution in [3.63, 3.8) is 0 Å². The Morgan fingerprint density at radius 1 is 1.32 bits per heavy atom. The minimum absolute atomic E-state index is 0.424. The van der Waals surface area contributed by atoms with E-state index in [0.29, 0.717) is 17.8 Å². The molecule has 0 radical (unpaired) electrons. The number of nitrogen functional groups attached to an aromatic ring is 1. The summed E-state index contributed by atoms with van der Waals surface area (Å²) in [6, 6.07) is 9.12. The van der Waals surface area contributed by atoms with Crippen molar-refractivity contribution in [3.8, 4) is 0 Å². The van der Waals surface area contributed by atoms with E-state index in [9.17, 15) is 4.79 Å². The SMILES string of the molecule is CN(Cc1ccccc1C(N)=O)c1ccncc1N. The number of hydrogen-bond acceptors (Lipinski definition) is 4. The van der Waals surface area contributed by atoms with E-state index in [1.807, 2.05) is 30.1 Å². The maximum Gasteiger partial charge on any atom is 0.249 e. The Balaban J connectivity index is 2.27. The van der Waals surface area contributed by atoms with Gasteiger partial charge >= 0.3 is 0 Å². The Bertz CT molecular complexity index is 598. The Morgan fingerprint density at radius 3 is 2.74 bits per heavy atom. The highest BCUT2D eigenvalue weighted by Gasteiger charge is 2.11. The normalized spacial score (nSPS) is 10.2. The van der Waals surface area contributed by atoms with E-state index in [1.54, 1.807) is 24.5 Å². The van der Waals surface area contributed by atoms with Gasteiger partial charge in [-0.3, -0.25) is 9.78 Å². The first kappa shape index (κ1) is 12.9. The number of rotatable bonds is 4. The largest absolute Gasteiger partial charge is 0.396 e. The number of primary amides is 1. The van der Waals surface area contributed by atoms with E-state index < -0.39 is 5.91 Å². The molecule has 1 aromatic heterocycles. The Morgan fingerprint density at radius 2 is 2.05 bits per heavy atom. The highest BCUT2D eigenvalue weighted by molar-refractivity contribution is 5.94. The quantitative estimate of drug-likeness (QED) is 0.865. The standard InChI is InChI=1S/C14H16N4O/c1-18(13-6-7-17-8-12(13)15)9-10-4-2-3-5-11(10)14(16)19/h2-8H,9,15H2,1H3,(H2,16,19). The van der Waals surface area contributed by atoms with E-state index >= 15 is 0 Å². The lowest BCUT2D eigenvalue weighted by Crippen LogP contribution is -2.21. The van der Waals surface area contributed by atoms with Gasteiger partial charge in [0.15, 0.2) is 0 Å². The van der Waals surface area contributed by atoms with E-state index in [2.05, 4.69) is 4.98 Å². The first-order valence-electron chi connectivity index (χ1n) is 5.88. The minimum Gasteiger partial charge on any atom is -0.396 e. The van der Waals surface area contributed by atoms with E-state index in [4.69, 9.17) is 11.5 Å². The number of pyridine rings is 1. The molecule has 2 aromatic rings. The second-order valence-electron chi connectivity index (χ2n) is 4.31. The van der Waals surface area contributed by atoms with Gasteiger partial charge in [0.05, 0.1) is 17.6 Å². The molecule has 98 valence electrons. The maximum absolute atomic E-state index is 11.4. The van der Waals surface area contributed by atoms with Crippen molar-refractivity contribution >= 4 is 17.3 Å². The zero-order chi connectivity index (χ0) is 13.8. The molecule has 0 saturated carbocycles. The summed E-state index contributed by atoms with van der Waals surface area (Å²) in [6.45, 7) is 0.549. The third-order valence-corrected chi connectivity index (χ3v) is 2.93. The highest BCUT2D eigenvalue weighted by Crippen LogP contribution is 2.22.